The summed E-state index contributed by atoms with van der Waals surface area (Å²) in [7, 11) is 0. The van der Waals surface area contributed by atoms with E-state index < -0.39 is 0 Å². The third kappa shape index (κ3) is 2.29. The lowest BCUT2D eigenvalue weighted by Gasteiger charge is -2.16. The Morgan fingerprint density at radius 3 is 2.75 bits per heavy atom. The fraction of sp³-hybridized carbons (Fsp3) is 0.211. The molecule has 0 radical (unpaired) electrons. The Labute approximate surface area is 139 Å². The summed E-state index contributed by atoms with van der Waals surface area (Å²) >= 11 is 0. The molecule has 4 rings (SSSR count). The monoisotopic (exact) mass is 319 g/mol. The molecular formula is C19H17N3O2. The summed E-state index contributed by atoms with van der Waals surface area (Å²) in [6.07, 6.45) is 4.60. The van der Waals surface area contributed by atoms with E-state index in [0.717, 1.165) is 45.7 Å². The zero-order valence-corrected chi connectivity index (χ0v) is 13.1. The summed E-state index contributed by atoms with van der Waals surface area (Å²) in [6.45, 7) is 0.494. The van der Waals surface area contributed by atoms with Crippen LogP contribution in [0.15, 0.2) is 41.5 Å². The van der Waals surface area contributed by atoms with Crippen molar-refractivity contribution < 1.29 is 9.90 Å². The number of ketones is 1. The van der Waals surface area contributed by atoms with Crippen molar-refractivity contribution in [3.8, 4) is 11.1 Å². The lowest BCUT2D eigenvalue weighted by molar-refractivity contribution is 0.1000. The minimum atomic E-state index is 0.0147. The zero-order chi connectivity index (χ0) is 16.7. The van der Waals surface area contributed by atoms with Crippen LogP contribution < -0.4 is 5.73 Å². The number of allylic oxidation sites excluding steroid dienone is 1. The van der Waals surface area contributed by atoms with Gasteiger partial charge in [0, 0.05) is 41.4 Å². The summed E-state index contributed by atoms with van der Waals surface area (Å²) < 4.78 is 0. The lowest BCUT2D eigenvalue weighted by Crippen LogP contribution is -2.24. The molecule has 120 valence electrons. The number of benzene rings is 1. The molecule has 5 heteroatoms. The average Bonchev–Trinajstić information content (AvgIpc) is 3.04. The molecule has 0 spiro atoms. The number of aromatic nitrogens is 1. The smallest absolute Gasteiger partial charge is 0.184 e. The van der Waals surface area contributed by atoms with Crippen molar-refractivity contribution in [1.82, 2.24) is 4.98 Å². The molecule has 0 saturated carbocycles. The summed E-state index contributed by atoms with van der Waals surface area (Å²) in [4.78, 5) is 20.8. The van der Waals surface area contributed by atoms with Gasteiger partial charge in [0.05, 0.1) is 18.0 Å². The Morgan fingerprint density at radius 2 is 1.96 bits per heavy atom. The number of fused-ring (bicyclic) bond motifs is 2. The van der Waals surface area contributed by atoms with Gasteiger partial charge >= 0.3 is 0 Å². The van der Waals surface area contributed by atoms with Crippen LogP contribution in [0.2, 0.25) is 0 Å². The number of hydrogen-bond acceptors (Lipinski definition) is 5. The Bertz CT molecular complexity index is 913. The number of Topliss-reactive ketones (excluding diaryl/α,β-unsaturated/α-hetero) is 1. The first kappa shape index (κ1) is 14.9. The Kier molecular flexibility index (Phi) is 3.59. The molecule has 0 fully saturated rings. The number of aliphatic imine (C=N–C) groups is 1. The van der Waals surface area contributed by atoms with E-state index in [1.54, 1.807) is 0 Å². The molecule has 1 aromatic carbocycles. The van der Waals surface area contributed by atoms with Crippen molar-refractivity contribution in [3.63, 3.8) is 0 Å². The number of nitrogens with zero attached hydrogens (tertiary/aromatic N) is 2. The van der Waals surface area contributed by atoms with Crippen LogP contribution in [-0.2, 0) is 6.42 Å². The van der Waals surface area contributed by atoms with Gasteiger partial charge in [-0.2, -0.15) is 0 Å². The van der Waals surface area contributed by atoms with Crippen molar-refractivity contribution >= 4 is 17.1 Å². The van der Waals surface area contributed by atoms with Gasteiger partial charge in [-0.3, -0.25) is 14.8 Å². The number of aliphatic hydroxyl groups excluding tert-OH is 1. The van der Waals surface area contributed by atoms with Crippen molar-refractivity contribution in [1.29, 1.82) is 0 Å². The normalized spacial score (nSPS) is 15.7. The standard InChI is InChI=1S/C19H17N3O2/c20-7-18-16-5-11(1-3-14(16)19(24)9-22-18)13-6-15-12(10-23)2-4-17(15)21-8-13/h1-3,5-6,8,23H,4,7,9-10,20H2. The predicted octanol–water partition coefficient (Wildman–Crippen LogP) is 1.62. The van der Waals surface area contributed by atoms with Crippen molar-refractivity contribution in [3.05, 3.63) is 58.9 Å². The second-order valence-electron chi connectivity index (χ2n) is 5.96. The molecule has 1 aliphatic carbocycles. The molecule has 0 unspecified atom stereocenters. The Balaban J connectivity index is 1.81. The number of carbonyl (C=O) groups excluding carboxylic acids is 1. The van der Waals surface area contributed by atoms with E-state index in [4.69, 9.17) is 5.73 Å². The Morgan fingerprint density at radius 1 is 1.12 bits per heavy atom. The molecule has 1 aliphatic heterocycles. The highest BCUT2D eigenvalue weighted by Crippen LogP contribution is 2.31. The van der Waals surface area contributed by atoms with E-state index in [0.29, 0.717) is 12.1 Å². The molecule has 0 amide bonds. The number of hydrogen-bond donors (Lipinski definition) is 2. The fourth-order valence-electron chi connectivity index (χ4n) is 3.29. The molecule has 2 heterocycles. The van der Waals surface area contributed by atoms with Gasteiger partial charge in [0.1, 0.15) is 6.54 Å². The highest BCUT2D eigenvalue weighted by molar-refractivity contribution is 6.16. The number of aliphatic hydroxyl groups is 1. The van der Waals surface area contributed by atoms with Gasteiger partial charge in [-0.1, -0.05) is 18.2 Å². The third-order valence-corrected chi connectivity index (χ3v) is 4.60. The molecule has 2 aliphatic rings. The van der Waals surface area contributed by atoms with Crippen LogP contribution in [0.25, 0.3) is 16.7 Å². The molecule has 3 N–H and O–H groups in total. The molecule has 0 saturated heterocycles. The van der Waals surface area contributed by atoms with Crippen LogP contribution in [-0.4, -0.2) is 41.3 Å². The van der Waals surface area contributed by atoms with Gasteiger partial charge in [0.25, 0.3) is 0 Å². The topological polar surface area (TPSA) is 88.6 Å². The van der Waals surface area contributed by atoms with Gasteiger partial charge in [0.2, 0.25) is 0 Å². The maximum atomic E-state index is 12.0. The molecule has 24 heavy (non-hydrogen) atoms. The van der Waals surface area contributed by atoms with Gasteiger partial charge in [-0.25, -0.2) is 0 Å². The molecule has 0 bridgehead atoms. The average molecular weight is 319 g/mol. The van der Waals surface area contributed by atoms with E-state index in [1.165, 1.54) is 0 Å². The van der Waals surface area contributed by atoms with E-state index in [-0.39, 0.29) is 18.9 Å². The molecule has 5 nitrogen and oxygen atoms in total. The van der Waals surface area contributed by atoms with Crippen LogP contribution in [0.5, 0.6) is 0 Å². The second kappa shape index (κ2) is 5.78. The van der Waals surface area contributed by atoms with E-state index in [2.05, 4.69) is 9.98 Å². The molecule has 2 aromatic rings. The lowest BCUT2D eigenvalue weighted by atomic mass is 9.92. The van der Waals surface area contributed by atoms with Crippen LogP contribution in [0.4, 0.5) is 0 Å². The SMILES string of the molecule is NCC1=NCC(=O)c2ccc(-c3cnc4c(c3)C(CO)=CC4)cc21. The second-order valence-corrected chi connectivity index (χ2v) is 5.96. The van der Waals surface area contributed by atoms with Crippen LogP contribution >= 0.6 is 0 Å². The van der Waals surface area contributed by atoms with Crippen molar-refractivity contribution in [2.75, 3.05) is 19.7 Å². The van der Waals surface area contributed by atoms with Gasteiger partial charge in [0.15, 0.2) is 5.78 Å². The number of carbonyl (C=O) groups is 1. The van der Waals surface area contributed by atoms with E-state index in [1.807, 2.05) is 36.5 Å². The van der Waals surface area contributed by atoms with Gasteiger partial charge < -0.3 is 10.8 Å². The molecule has 1 aromatic heterocycles. The van der Waals surface area contributed by atoms with Crippen LogP contribution in [0.3, 0.4) is 0 Å². The summed E-state index contributed by atoms with van der Waals surface area (Å²) in [5.41, 5.74) is 12.8. The highest BCUT2D eigenvalue weighted by atomic mass is 16.3. The maximum Gasteiger partial charge on any atom is 0.184 e. The van der Waals surface area contributed by atoms with Gasteiger partial charge in [-0.05, 0) is 23.3 Å². The predicted molar refractivity (Wildman–Crippen MR) is 93.2 cm³/mol. The first-order valence-corrected chi connectivity index (χ1v) is 7.92. The minimum absolute atomic E-state index is 0.0147. The summed E-state index contributed by atoms with van der Waals surface area (Å²) in [5.74, 6) is 0.0197. The number of nitrogens with two attached hydrogens (primary N) is 1. The van der Waals surface area contributed by atoms with Crippen molar-refractivity contribution in [2.45, 2.75) is 6.42 Å². The maximum absolute atomic E-state index is 12.0. The molecular weight excluding hydrogens is 302 g/mol. The largest absolute Gasteiger partial charge is 0.392 e. The Hall–Kier alpha value is -2.63. The van der Waals surface area contributed by atoms with Crippen LogP contribution in [0, 0.1) is 0 Å². The molecule has 0 atom stereocenters. The first-order chi connectivity index (χ1) is 11.7. The van der Waals surface area contributed by atoms with Gasteiger partial charge in [-0.15, -0.1) is 0 Å². The fourth-order valence-corrected chi connectivity index (χ4v) is 3.29. The summed E-state index contributed by atoms with van der Waals surface area (Å²) in [6, 6.07) is 7.77. The summed E-state index contributed by atoms with van der Waals surface area (Å²) in [5, 5.41) is 9.46. The van der Waals surface area contributed by atoms with E-state index in [9.17, 15) is 9.90 Å². The van der Waals surface area contributed by atoms with Crippen molar-refractivity contribution in [2.24, 2.45) is 10.7 Å². The van der Waals surface area contributed by atoms with E-state index >= 15 is 0 Å². The number of pyridine rings is 1. The van der Waals surface area contributed by atoms with Crippen LogP contribution in [0.1, 0.15) is 27.2 Å². The minimum Gasteiger partial charge on any atom is -0.392 e. The number of rotatable bonds is 3. The highest BCUT2D eigenvalue weighted by Gasteiger charge is 2.21. The first-order valence-electron chi connectivity index (χ1n) is 7.92. The zero-order valence-electron chi connectivity index (χ0n) is 13.1. The third-order valence-electron chi connectivity index (χ3n) is 4.60. The quantitative estimate of drug-likeness (QED) is 0.900.